The van der Waals surface area contributed by atoms with Gasteiger partial charge >= 0.3 is 6.03 Å². The zero-order chi connectivity index (χ0) is 20.2. The lowest BCUT2D eigenvalue weighted by Gasteiger charge is -2.27. The Morgan fingerprint density at radius 1 is 1.14 bits per heavy atom. The monoisotopic (exact) mass is 407 g/mol. The summed E-state index contributed by atoms with van der Waals surface area (Å²) in [4.78, 5) is 23.6. The summed E-state index contributed by atoms with van der Waals surface area (Å²) in [5, 5.41) is 23.2. The van der Waals surface area contributed by atoms with Crippen molar-refractivity contribution in [3.8, 4) is 0 Å². The molecule has 146 valence electrons. The molecule has 3 aromatic rings. The van der Waals surface area contributed by atoms with Gasteiger partial charge < -0.3 is 10.6 Å². The predicted molar refractivity (Wildman–Crippen MR) is 114 cm³/mol. The van der Waals surface area contributed by atoms with Gasteiger partial charge in [0.15, 0.2) is 0 Å². The molecule has 1 aliphatic rings. The van der Waals surface area contributed by atoms with Gasteiger partial charge in [0.25, 0.3) is 5.69 Å². The zero-order valence-corrected chi connectivity index (χ0v) is 16.0. The van der Waals surface area contributed by atoms with Crippen LogP contribution in [0.1, 0.15) is 22.9 Å². The van der Waals surface area contributed by atoms with Crippen LogP contribution in [-0.4, -0.2) is 16.7 Å². The van der Waals surface area contributed by atoms with Crippen molar-refractivity contribution >= 4 is 40.1 Å². The molecular weight excluding hydrogens is 390 g/mol. The average molecular weight is 407 g/mol. The number of nitrogens with one attached hydrogen (secondary N) is 3. The van der Waals surface area contributed by atoms with Crippen molar-refractivity contribution in [1.29, 1.82) is 0 Å². The molecule has 2 aromatic carbocycles. The molecule has 29 heavy (non-hydrogen) atoms. The van der Waals surface area contributed by atoms with E-state index in [0.29, 0.717) is 12.1 Å². The Morgan fingerprint density at radius 3 is 2.66 bits per heavy atom. The molecule has 2 amide bonds. The van der Waals surface area contributed by atoms with E-state index in [1.54, 1.807) is 11.3 Å². The minimum Gasteiger partial charge on any atom is -0.376 e. The number of benzene rings is 2. The number of nitro benzene ring substituents is 1. The highest BCUT2D eigenvalue weighted by molar-refractivity contribution is 7.10. The second-order valence-corrected chi connectivity index (χ2v) is 7.37. The maximum atomic E-state index is 12.2. The topological polar surface area (TPSA) is 109 Å². The first-order chi connectivity index (χ1) is 14.1. The van der Waals surface area contributed by atoms with Crippen LogP contribution < -0.4 is 16.1 Å². The maximum Gasteiger partial charge on any atom is 0.339 e. The number of carbonyl (C=O) groups excluding carboxylic acids is 1. The van der Waals surface area contributed by atoms with Crippen molar-refractivity contribution in [2.24, 2.45) is 5.10 Å². The van der Waals surface area contributed by atoms with Gasteiger partial charge in [0.2, 0.25) is 0 Å². The molecule has 2 heterocycles. The summed E-state index contributed by atoms with van der Waals surface area (Å²) in [6.45, 7) is 0. The smallest absolute Gasteiger partial charge is 0.339 e. The number of rotatable bonds is 4. The highest BCUT2D eigenvalue weighted by Crippen LogP contribution is 2.34. The lowest BCUT2D eigenvalue weighted by atomic mass is 9.95. The lowest BCUT2D eigenvalue weighted by Crippen LogP contribution is -2.28. The number of amides is 2. The number of nitrogens with zero attached hydrogens (tertiary/aromatic N) is 2. The molecule has 4 rings (SSSR count). The van der Waals surface area contributed by atoms with Crippen LogP contribution in [0.5, 0.6) is 0 Å². The fraction of sp³-hybridized carbons (Fsp3) is 0.100. The van der Waals surface area contributed by atoms with Gasteiger partial charge in [-0.05, 0) is 29.6 Å². The summed E-state index contributed by atoms with van der Waals surface area (Å²) in [5.74, 6) is 0. The number of hydrazone groups is 1. The summed E-state index contributed by atoms with van der Waals surface area (Å²) in [7, 11) is 0. The highest BCUT2D eigenvalue weighted by Gasteiger charge is 2.24. The van der Waals surface area contributed by atoms with Gasteiger partial charge in [0, 0.05) is 40.4 Å². The van der Waals surface area contributed by atoms with Crippen LogP contribution in [0.2, 0.25) is 0 Å². The third kappa shape index (κ3) is 4.25. The Kier molecular flexibility index (Phi) is 5.21. The first-order valence-electron chi connectivity index (χ1n) is 8.87. The molecule has 0 radical (unpaired) electrons. The fourth-order valence-corrected chi connectivity index (χ4v) is 3.89. The highest BCUT2D eigenvalue weighted by atomic mass is 32.1. The molecule has 1 unspecified atom stereocenters. The van der Waals surface area contributed by atoms with E-state index in [1.807, 2.05) is 35.7 Å². The van der Waals surface area contributed by atoms with E-state index in [2.05, 4.69) is 27.2 Å². The molecule has 1 atom stereocenters. The third-order valence-corrected chi connectivity index (χ3v) is 5.47. The van der Waals surface area contributed by atoms with Crippen LogP contribution in [0, 0.1) is 10.1 Å². The van der Waals surface area contributed by atoms with E-state index in [1.165, 1.54) is 29.1 Å². The van der Waals surface area contributed by atoms with E-state index in [0.717, 1.165) is 17.0 Å². The van der Waals surface area contributed by atoms with E-state index >= 15 is 0 Å². The second-order valence-electron chi connectivity index (χ2n) is 6.39. The summed E-state index contributed by atoms with van der Waals surface area (Å²) in [6.07, 6.45) is 0.634. The van der Waals surface area contributed by atoms with Crippen molar-refractivity contribution in [3.05, 3.63) is 86.6 Å². The molecule has 1 aromatic heterocycles. The van der Waals surface area contributed by atoms with Gasteiger partial charge in [-0.15, -0.1) is 11.3 Å². The number of anilines is 2. The minimum atomic E-state index is -0.518. The number of para-hydroxylation sites is 1. The third-order valence-electron chi connectivity index (χ3n) is 4.48. The van der Waals surface area contributed by atoms with Crippen LogP contribution in [0.3, 0.4) is 0 Å². The van der Waals surface area contributed by atoms with Crippen LogP contribution in [0.15, 0.2) is 71.1 Å². The molecule has 0 spiro atoms. The number of nitro groups is 1. The van der Waals surface area contributed by atoms with Gasteiger partial charge in [-0.2, -0.15) is 5.10 Å². The maximum absolute atomic E-state index is 12.2. The minimum absolute atomic E-state index is 0.0397. The van der Waals surface area contributed by atoms with E-state index in [4.69, 9.17) is 0 Å². The van der Waals surface area contributed by atoms with E-state index in [9.17, 15) is 14.9 Å². The predicted octanol–water partition coefficient (Wildman–Crippen LogP) is 4.74. The zero-order valence-electron chi connectivity index (χ0n) is 15.2. The van der Waals surface area contributed by atoms with Crippen molar-refractivity contribution in [3.63, 3.8) is 0 Å². The Labute approximate surface area is 170 Å². The van der Waals surface area contributed by atoms with Crippen LogP contribution in [-0.2, 0) is 0 Å². The normalized spacial score (nSPS) is 16.6. The molecule has 0 aliphatic carbocycles. The summed E-state index contributed by atoms with van der Waals surface area (Å²) in [5.41, 5.74) is 5.61. The van der Waals surface area contributed by atoms with Crippen LogP contribution in [0.4, 0.5) is 21.9 Å². The summed E-state index contributed by atoms with van der Waals surface area (Å²) >= 11 is 1.67. The van der Waals surface area contributed by atoms with Crippen molar-refractivity contribution < 1.29 is 9.72 Å². The Morgan fingerprint density at radius 2 is 1.93 bits per heavy atom. The van der Waals surface area contributed by atoms with Gasteiger partial charge in [-0.1, -0.05) is 24.3 Å². The molecule has 9 heteroatoms. The van der Waals surface area contributed by atoms with Crippen molar-refractivity contribution in [2.45, 2.75) is 12.5 Å². The SMILES string of the molecule is O=C(NN=C1CC(c2cccs2)Nc2ccccc21)Nc1ccc([N+](=O)[O-])cc1. The summed E-state index contributed by atoms with van der Waals surface area (Å²) < 4.78 is 0. The Hall–Kier alpha value is -3.72. The first-order valence-corrected chi connectivity index (χ1v) is 9.75. The standard InChI is InChI=1S/C20H17N5O3S/c26-20(21-13-7-9-14(10-8-13)25(27)28)24-23-17-12-18(19-6-3-11-29-19)22-16-5-2-1-4-15(16)17/h1-11,18,22H,12H2,(H2,21,24,26). The van der Waals surface area contributed by atoms with Gasteiger partial charge in [-0.3, -0.25) is 10.1 Å². The number of non-ortho nitro benzene ring substituents is 1. The number of hydrogen-bond donors (Lipinski definition) is 3. The van der Waals surface area contributed by atoms with Gasteiger partial charge in [0.1, 0.15) is 0 Å². The molecule has 1 aliphatic heterocycles. The number of urea groups is 1. The Bertz CT molecular complexity index is 1060. The van der Waals surface area contributed by atoms with Crippen molar-refractivity contribution in [1.82, 2.24) is 5.43 Å². The van der Waals surface area contributed by atoms with E-state index in [-0.39, 0.29) is 11.7 Å². The molecule has 0 fully saturated rings. The largest absolute Gasteiger partial charge is 0.376 e. The number of fused-ring (bicyclic) bond motifs is 1. The quantitative estimate of drug-likeness (QED) is 0.429. The molecule has 0 bridgehead atoms. The number of carbonyl (C=O) groups is 1. The van der Waals surface area contributed by atoms with E-state index < -0.39 is 11.0 Å². The average Bonchev–Trinajstić information content (AvgIpc) is 3.27. The molecule has 8 nitrogen and oxygen atoms in total. The fourth-order valence-electron chi connectivity index (χ4n) is 3.11. The van der Waals surface area contributed by atoms with Crippen LogP contribution in [0.25, 0.3) is 0 Å². The Balaban J connectivity index is 1.49. The van der Waals surface area contributed by atoms with Gasteiger partial charge in [0.05, 0.1) is 16.7 Å². The van der Waals surface area contributed by atoms with Crippen molar-refractivity contribution in [2.75, 3.05) is 10.6 Å². The molecular formula is C20H17N5O3S. The second kappa shape index (κ2) is 8.11. The molecule has 0 saturated heterocycles. The molecule has 0 saturated carbocycles. The first kappa shape index (κ1) is 18.6. The molecule has 3 N–H and O–H groups in total. The lowest BCUT2D eigenvalue weighted by molar-refractivity contribution is -0.384. The number of hydrogen-bond acceptors (Lipinski definition) is 6. The van der Waals surface area contributed by atoms with Gasteiger partial charge in [-0.25, -0.2) is 10.2 Å². The number of thiophene rings is 1. The summed E-state index contributed by atoms with van der Waals surface area (Å²) in [6, 6.07) is 17.1. The van der Waals surface area contributed by atoms with Crippen LogP contribution >= 0.6 is 11.3 Å².